The van der Waals surface area contributed by atoms with Gasteiger partial charge >= 0.3 is 6.01 Å². The zero-order valence-electron chi connectivity index (χ0n) is 12.0. The van der Waals surface area contributed by atoms with Gasteiger partial charge in [-0.15, -0.1) is 6.42 Å². The lowest BCUT2D eigenvalue weighted by molar-refractivity contribution is 0.103. The van der Waals surface area contributed by atoms with E-state index >= 15 is 0 Å². The Balaban J connectivity index is 2.59. The zero-order valence-corrected chi connectivity index (χ0v) is 12.0. The van der Waals surface area contributed by atoms with Gasteiger partial charge in [-0.1, -0.05) is 35.7 Å². The average molecular weight is 282 g/mol. The number of benzene rings is 1. The molecular weight excluding hydrogens is 268 g/mol. The van der Waals surface area contributed by atoms with Crippen LogP contribution in [0.25, 0.3) is 0 Å². The topological polar surface area (TPSA) is 61.3 Å². The third-order valence-electron chi connectivity index (χ3n) is 2.90. The summed E-state index contributed by atoms with van der Waals surface area (Å²) >= 11 is 0. The van der Waals surface area contributed by atoms with Crippen molar-refractivity contribution in [1.82, 2.24) is 9.97 Å². The summed E-state index contributed by atoms with van der Waals surface area (Å²) in [6, 6.07) is 7.16. The highest BCUT2D eigenvalue weighted by Gasteiger charge is 2.21. The van der Waals surface area contributed by atoms with E-state index in [0.29, 0.717) is 5.56 Å². The van der Waals surface area contributed by atoms with Crippen LogP contribution in [0.1, 0.15) is 27.2 Å². The van der Waals surface area contributed by atoms with E-state index in [2.05, 4.69) is 15.9 Å². The van der Waals surface area contributed by atoms with Gasteiger partial charge in [0.2, 0.25) is 11.7 Å². The number of hydrogen-bond acceptors (Lipinski definition) is 5. The molecule has 0 spiro atoms. The first-order valence-electron chi connectivity index (χ1n) is 6.18. The molecule has 2 aromatic rings. The maximum atomic E-state index is 12.6. The summed E-state index contributed by atoms with van der Waals surface area (Å²) in [5.74, 6) is 2.24. The number of aromatic nitrogens is 2. The highest BCUT2D eigenvalue weighted by Crippen LogP contribution is 2.23. The molecule has 106 valence electrons. The van der Waals surface area contributed by atoms with Crippen molar-refractivity contribution in [3.8, 4) is 24.2 Å². The van der Waals surface area contributed by atoms with E-state index in [-0.39, 0.29) is 28.9 Å². The minimum Gasteiger partial charge on any atom is -0.480 e. The number of rotatable bonds is 4. The first-order valence-corrected chi connectivity index (χ1v) is 6.18. The molecule has 0 unspecified atom stereocenters. The Bertz CT molecular complexity index is 716. The lowest BCUT2D eigenvalue weighted by Crippen LogP contribution is -2.11. The zero-order chi connectivity index (χ0) is 15.4. The van der Waals surface area contributed by atoms with Crippen molar-refractivity contribution < 1.29 is 14.3 Å². The first kappa shape index (κ1) is 14.5. The number of carbonyl (C=O) groups is 1. The van der Waals surface area contributed by atoms with Gasteiger partial charge in [0.25, 0.3) is 0 Å². The van der Waals surface area contributed by atoms with Gasteiger partial charge in [0, 0.05) is 5.56 Å². The smallest absolute Gasteiger partial charge is 0.320 e. The number of nitrogens with zero attached hydrogens (tertiary/aromatic N) is 2. The fraction of sp³-hybridized carbons (Fsp3) is 0.188. The minimum absolute atomic E-state index is 0.0290. The molecule has 0 amide bonds. The van der Waals surface area contributed by atoms with Gasteiger partial charge in [0.15, 0.2) is 0 Å². The van der Waals surface area contributed by atoms with Gasteiger partial charge in [-0.05, 0) is 6.92 Å². The summed E-state index contributed by atoms with van der Waals surface area (Å²) in [7, 11) is 2.83. The molecule has 1 aromatic carbocycles. The molecule has 5 nitrogen and oxygen atoms in total. The van der Waals surface area contributed by atoms with Crippen molar-refractivity contribution in [3.63, 3.8) is 0 Å². The number of methoxy groups -OCH3 is 2. The summed E-state index contributed by atoms with van der Waals surface area (Å²) in [5.41, 5.74) is 1.84. The molecule has 1 heterocycles. The number of hydrogen-bond donors (Lipinski definition) is 0. The summed E-state index contributed by atoms with van der Waals surface area (Å²) < 4.78 is 10.1. The Morgan fingerprint density at radius 3 is 2.33 bits per heavy atom. The van der Waals surface area contributed by atoms with Crippen LogP contribution in [0.3, 0.4) is 0 Å². The van der Waals surface area contributed by atoms with Crippen molar-refractivity contribution >= 4 is 5.78 Å². The van der Waals surface area contributed by atoms with Crippen LogP contribution in [-0.2, 0) is 0 Å². The number of aryl methyl sites for hydroxylation is 1. The molecule has 0 bridgehead atoms. The predicted molar refractivity (Wildman–Crippen MR) is 77.7 cm³/mol. The van der Waals surface area contributed by atoms with Crippen molar-refractivity contribution in [2.24, 2.45) is 0 Å². The highest BCUT2D eigenvalue weighted by molar-refractivity contribution is 6.09. The molecule has 0 radical (unpaired) electrons. The highest BCUT2D eigenvalue weighted by atomic mass is 16.5. The van der Waals surface area contributed by atoms with E-state index in [1.165, 1.54) is 14.2 Å². The lowest BCUT2D eigenvalue weighted by Gasteiger charge is -2.09. The summed E-state index contributed by atoms with van der Waals surface area (Å²) in [5, 5.41) is 0. The Kier molecular flexibility index (Phi) is 4.19. The lowest BCUT2D eigenvalue weighted by atomic mass is 10.0. The molecule has 0 saturated carbocycles. The van der Waals surface area contributed by atoms with Crippen LogP contribution >= 0.6 is 0 Å². The van der Waals surface area contributed by atoms with E-state index in [1.807, 2.05) is 19.1 Å². The minimum atomic E-state index is -0.304. The van der Waals surface area contributed by atoms with Crippen LogP contribution in [0.5, 0.6) is 11.9 Å². The van der Waals surface area contributed by atoms with Crippen LogP contribution in [0.4, 0.5) is 0 Å². The second-order valence-corrected chi connectivity index (χ2v) is 4.28. The van der Waals surface area contributed by atoms with Crippen LogP contribution in [0.15, 0.2) is 24.3 Å². The van der Waals surface area contributed by atoms with E-state index < -0.39 is 0 Å². The normalized spacial score (nSPS) is 9.81. The fourth-order valence-corrected chi connectivity index (χ4v) is 1.80. The van der Waals surface area contributed by atoms with Crippen LogP contribution in [0.2, 0.25) is 0 Å². The second kappa shape index (κ2) is 6.06. The number of ketones is 1. The molecule has 1 aromatic heterocycles. The van der Waals surface area contributed by atoms with E-state index in [4.69, 9.17) is 15.9 Å². The van der Waals surface area contributed by atoms with Crippen LogP contribution in [0, 0.1) is 19.3 Å². The molecule has 0 aliphatic heterocycles. The SMILES string of the molecule is C#Cc1c(OC)nc(OC)nc1C(=O)c1ccc(C)cc1. The molecule has 2 rings (SSSR count). The Morgan fingerprint density at radius 2 is 1.81 bits per heavy atom. The number of ether oxygens (including phenoxy) is 2. The molecular formula is C16H14N2O3. The molecule has 0 N–H and O–H groups in total. The van der Waals surface area contributed by atoms with Crippen molar-refractivity contribution in [1.29, 1.82) is 0 Å². The fourth-order valence-electron chi connectivity index (χ4n) is 1.80. The maximum Gasteiger partial charge on any atom is 0.320 e. The van der Waals surface area contributed by atoms with Gasteiger partial charge in [-0.25, -0.2) is 0 Å². The van der Waals surface area contributed by atoms with Crippen molar-refractivity contribution in [3.05, 3.63) is 46.6 Å². The molecule has 5 heteroatoms. The largest absolute Gasteiger partial charge is 0.480 e. The monoisotopic (exact) mass is 282 g/mol. The van der Waals surface area contributed by atoms with Gasteiger partial charge < -0.3 is 9.47 Å². The standard InChI is InChI=1S/C16H14N2O3/c1-5-12-13(17-16(21-4)18-15(12)20-3)14(19)11-8-6-10(2)7-9-11/h1,6-9H,2-4H3. The number of carbonyl (C=O) groups excluding carboxylic acids is 1. The second-order valence-electron chi connectivity index (χ2n) is 4.28. The van der Waals surface area contributed by atoms with Gasteiger partial charge in [0.05, 0.1) is 14.2 Å². The third kappa shape index (κ3) is 2.84. The molecule has 0 saturated heterocycles. The van der Waals surface area contributed by atoms with Crippen LogP contribution < -0.4 is 9.47 Å². The maximum absolute atomic E-state index is 12.6. The predicted octanol–water partition coefficient (Wildman–Crippen LogP) is 2.01. The molecule has 0 fully saturated rings. The van der Waals surface area contributed by atoms with E-state index in [1.54, 1.807) is 12.1 Å². The molecule has 0 aliphatic carbocycles. The van der Waals surface area contributed by atoms with Crippen LogP contribution in [-0.4, -0.2) is 30.0 Å². The molecule has 0 aliphatic rings. The Hall–Kier alpha value is -2.87. The first-order chi connectivity index (χ1) is 10.1. The molecule has 0 atom stereocenters. The Labute approximate surface area is 123 Å². The van der Waals surface area contributed by atoms with E-state index in [9.17, 15) is 4.79 Å². The van der Waals surface area contributed by atoms with E-state index in [0.717, 1.165) is 5.56 Å². The van der Waals surface area contributed by atoms with Crippen molar-refractivity contribution in [2.45, 2.75) is 6.92 Å². The quantitative estimate of drug-likeness (QED) is 0.634. The van der Waals surface area contributed by atoms with Gasteiger partial charge in [0.1, 0.15) is 11.3 Å². The summed E-state index contributed by atoms with van der Waals surface area (Å²) in [6.45, 7) is 1.94. The van der Waals surface area contributed by atoms with Gasteiger partial charge in [-0.3, -0.25) is 4.79 Å². The van der Waals surface area contributed by atoms with Crippen molar-refractivity contribution in [2.75, 3.05) is 14.2 Å². The Morgan fingerprint density at radius 1 is 1.14 bits per heavy atom. The summed E-state index contributed by atoms with van der Waals surface area (Å²) in [6.07, 6.45) is 5.46. The molecule has 21 heavy (non-hydrogen) atoms. The summed E-state index contributed by atoms with van der Waals surface area (Å²) in [4.78, 5) is 20.6. The average Bonchev–Trinajstić information content (AvgIpc) is 2.53. The van der Waals surface area contributed by atoms with Gasteiger partial charge in [-0.2, -0.15) is 9.97 Å². The third-order valence-corrected chi connectivity index (χ3v) is 2.90. The number of terminal acetylenes is 1.